The average molecular weight is 180 g/mol. The highest BCUT2D eigenvalue weighted by Crippen LogP contribution is 2.42. The molecule has 0 radical (unpaired) electrons. The molecule has 2 rings (SSSR count). The van der Waals surface area contributed by atoms with E-state index in [0.717, 1.165) is 24.8 Å². The molecule has 1 aliphatic rings. The van der Waals surface area contributed by atoms with Crippen molar-refractivity contribution in [1.82, 2.24) is 0 Å². The molecule has 1 saturated carbocycles. The molecule has 0 unspecified atom stereocenters. The Hall–Kier alpha value is -0.890. The van der Waals surface area contributed by atoms with E-state index in [9.17, 15) is 9.50 Å². The van der Waals surface area contributed by atoms with Crippen LogP contribution < -0.4 is 0 Å². The summed E-state index contributed by atoms with van der Waals surface area (Å²) in [6, 6.07) is 4.91. The Morgan fingerprint density at radius 3 is 2.62 bits per heavy atom. The monoisotopic (exact) mass is 180 g/mol. The van der Waals surface area contributed by atoms with Crippen molar-refractivity contribution in [1.29, 1.82) is 0 Å². The number of hydrogen-bond donors (Lipinski definition) is 1. The van der Waals surface area contributed by atoms with Gasteiger partial charge in [0.15, 0.2) is 0 Å². The normalized spacial score (nSPS) is 19.6. The van der Waals surface area contributed by atoms with E-state index in [-0.39, 0.29) is 5.82 Å². The minimum Gasteiger partial charge on any atom is -0.385 e. The molecule has 2 heteroatoms. The molecule has 1 aromatic carbocycles. The third kappa shape index (κ3) is 1.25. The van der Waals surface area contributed by atoms with Crippen molar-refractivity contribution >= 4 is 0 Å². The Morgan fingerprint density at radius 2 is 2.08 bits per heavy atom. The number of benzene rings is 1. The van der Waals surface area contributed by atoms with Crippen LogP contribution in [0.25, 0.3) is 0 Å². The van der Waals surface area contributed by atoms with Crippen LogP contribution in [0.2, 0.25) is 0 Å². The first kappa shape index (κ1) is 8.70. The summed E-state index contributed by atoms with van der Waals surface area (Å²) in [4.78, 5) is 0. The number of halogens is 1. The van der Waals surface area contributed by atoms with Crippen molar-refractivity contribution in [3.63, 3.8) is 0 Å². The quantitative estimate of drug-likeness (QED) is 0.704. The third-order valence-electron chi connectivity index (χ3n) is 2.95. The van der Waals surface area contributed by atoms with Crippen molar-refractivity contribution in [3.8, 4) is 0 Å². The van der Waals surface area contributed by atoms with Gasteiger partial charge in [-0.3, -0.25) is 0 Å². The van der Waals surface area contributed by atoms with Crippen molar-refractivity contribution in [3.05, 3.63) is 35.1 Å². The lowest BCUT2D eigenvalue weighted by molar-refractivity contribution is -0.0395. The first-order chi connectivity index (χ1) is 6.13. The molecule has 1 nitrogen and oxygen atoms in total. The maximum Gasteiger partial charge on any atom is 0.126 e. The minimum absolute atomic E-state index is 0.224. The first-order valence-corrected chi connectivity index (χ1v) is 4.61. The summed E-state index contributed by atoms with van der Waals surface area (Å²) in [5.41, 5.74) is 0.607. The van der Waals surface area contributed by atoms with E-state index in [4.69, 9.17) is 0 Å². The van der Waals surface area contributed by atoms with Crippen molar-refractivity contribution in [2.75, 3.05) is 0 Å². The maximum absolute atomic E-state index is 13.2. The van der Waals surface area contributed by atoms with E-state index in [0.29, 0.717) is 5.56 Å². The van der Waals surface area contributed by atoms with Gasteiger partial charge in [-0.2, -0.15) is 0 Å². The molecule has 0 atom stereocenters. The molecule has 13 heavy (non-hydrogen) atoms. The molecule has 1 aliphatic carbocycles. The van der Waals surface area contributed by atoms with Crippen molar-refractivity contribution < 1.29 is 9.50 Å². The molecule has 0 spiro atoms. The SMILES string of the molecule is Cc1c(F)cccc1C1(O)CCC1. The molecule has 1 aromatic rings. The van der Waals surface area contributed by atoms with Crippen molar-refractivity contribution in [2.45, 2.75) is 31.8 Å². The van der Waals surface area contributed by atoms with Crippen LogP contribution in [0.15, 0.2) is 18.2 Å². The molecule has 0 aliphatic heterocycles. The molecule has 0 saturated heterocycles. The summed E-state index contributed by atoms with van der Waals surface area (Å²) < 4.78 is 13.2. The van der Waals surface area contributed by atoms with Gasteiger partial charge in [0.1, 0.15) is 5.82 Å². The second-order valence-corrected chi connectivity index (χ2v) is 3.80. The zero-order chi connectivity index (χ0) is 9.47. The molecular formula is C11H13FO. The molecule has 0 amide bonds. The van der Waals surface area contributed by atoms with Crippen molar-refractivity contribution in [2.24, 2.45) is 0 Å². The van der Waals surface area contributed by atoms with E-state index in [1.54, 1.807) is 13.0 Å². The predicted octanol–water partition coefficient (Wildman–Crippen LogP) is 2.51. The maximum atomic E-state index is 13.2. The molecule has 0 bridgehead atoms. The van der Waals surface area contributed by atoms with Gasteiger partial charge in [-0.05, 0) is 43.4 Å². The van der Waals surface area contributed by atoms with E-state index in [1.807, 2.05) is 6.07 Å². The summed E-state index contributed by atoms with van der Waals surface area (Å²) in [6.07, 6.45) is 2.56. The van der Waals surface area contributed by atoms with Gasteiger partial charge in [-0.15, -0.1) is 0 Å². The van der Waals surface area contributed by atoms with E-state index < -0.39 is 5.60 Å². The van der Waals surface area contributed by atoms with Gasteiger partial charge in [0.05, 0.1) is 5.60 Å². The summed E-state index contributed by atoms with van der Waals surface area (Å²) in [5, 5.41) is 10.0. The average Bonchev–Trinajstić information content (AvgIpc) is 2.06. The standard InChI is InChI=1S/C11H13FO/c1-8-9(4-2-5-10(8)12)11(13)6-3-7-11/h2,4-5,13H,3,6-7H2,1H3. The highest BCUT2D eigenvalue weighted by molar-refractivity contribution is 5.33. The first-order valence-electron chi connectivity index (χ1n) is 4.61. The van der Waals surface area contributed by atoms with Gasteiger partial charge in [-0.1, -0.05) is 12.1 Å². The molecule has 70 valence electrons. The van der Waals surface area contributed by atoms with Gasteiger partial charge >= 0.3 is 0 Å². The smallest absolute Gasteiger partial charge is 0.126 e. The van der Waals surface area contributed by atoms with E-state index in [2.05, 4.69) is 0 Å². The Morgan fingerprint density at radius 1 is 1.38 bits per heavy atom. The van der Waals surface area contributed by atoms with E-state index >= 15 is 0 Å². The largest absolute Gasteiger partial charge is 0.385 e. The van der Waals surface area contributed by atoms with Crippen LogP contribution in [0.5, 0.6) is 0 Å². The number of aliphatic hydroxyl groups is 1. The van der Waals surface area contributed by atoms with Gasteiger partial charge in [0.2, 0.25) is 0 Å². The van der Waals surface area contributed by atoms with Gasteiger partial charge in [-0.25, -0.2) is 4.39 Å². The fourth-order valence-electron chi connectivity index (χ4n) is 1.89. The van der Waals surface area contributed by atoms with Gasteiger partial charge in [0.25, 0.3) is 0 Å². The fourth-order valence-corrected chi connectivity index (χ4v) is 1.89. The third-order valence-corrected chi connectivity index (χ3v) is 2.95. The Balaban J connectivity index is 2.45. The highest BCUT2D eigenvalue weighted by Gasteiger charge is 2.37. The second-order valence-electron chi connectivity index (χ2n) is 3.80. The lowest BCUT2D eigenvalue weighted by Crippen LogP contribution is -2.34. The van der Waals surface area contributed by atoms with Crippen LogP contribution in [0.1, 0.15) is 30.4 Å². The summed E-state index contributed by atoms with van der Waals surface area (Å²) in [6.45, 7) is 1.72. The summed E-state index contributed by atoms with van der Waals surface area (Å²) >= 11 is 0. The van der Waals surface area contributed by atoms with Crippen LogP contribution in [0.4, 0.5) is 4.39 Å². The summed E-state index contributed by atoms with van der Waals surface area (Å²) in [5.74, 6) is -0.224. The Labute approximate surface area is 77.2 Å². The minimum atomic E-state index is -0.744. The summed E-state index contributed by atoms with van der Waals surface area (Å²) in [7, 11) is 0. The predicted molar refractivity (Wildman–Crippen MR) is 48.9 cm³/mol. The Bertz CT molecular complexity index is 329. The molecule has 0 heterocycles. The van der Waals surface area contributed by atoms with Gasteiger partial charge < -0.3 is 5.11 Å². The molecule has 0 aromatic heterocycles. The lowest BCUT2D eigenvalue weighted by Gasteiger charge is -2.38. The lowest BCUT2D eigenvalue weighted by atomic mass is 9.74. The fraction of sp³-hybridized carbons (Fsp3) is 0.455. The molecule has 1 N–H and O–H groups in total. The highest BCUT2D eigenvalue weighted by atomic mass is 19.1. The second kappa shape index (κ2) is 2.81. The molecular weight excluding hydrogens is 167 g/mol. The number of rotatable bonds is 1. The Kier molecular flexibility index (Phi) is 1.88. The van der Waals surface area contributed by atoms with Gasteiger partial charge in [0, 0.05) is 0 Å². The number of hydrogen-bond acceptors (Lipinski definition) is 1. The van der Waals surface area contributed by atoms with Crippen LogP contribution in [0, 0.1) is 12.7 Å². The van der Waals surface area contributed by atoms with Crippen LogP contribution >= 0.6 is 0 Å². The molecule has 1 fully saturated rings. The zero-order valence-corrected chi connectivity index (χ0v) is 7.68. The van der Waals surface area contributed by atoms with E-state index in [1.165, 1.54) is 6.07 Å². The zero-order valence-electron chi connectivity index (χ0n) is 7.68. The van der Waals surface area contributed by atoms with Crippen LogP contribution in [-0.2, 0) is 5.60 Å². The van der Waals surface area contributed by atoms with Crippen LogP contribution in [0.3, 0.4) is 0 Å². The topological polar surface area (TPSA) is 20.2 Å². The van der Waals surface area contributed by atoms with Crippen LogP contribution in [-0.4, -0.2) is 5.11 Å².